The smallest absolute Gasteiger partial charge is 0.272 e. The lowest BCUT2D eigenvalue weighted by Crippen LogP contribution is -2.48. The van der Waals surface area contributed by atoms with E-state index in [9.17, 15) is 9.59 Å². The summed E-state index contributed by atoms with van der Waals surface area (Å²) in [4.78, 5) is 38.2. The van der Waals surface area contributed by atoms with Crippen molar-refractivity contribution in [2.75, 3.05) is 37.6 Å². The fourth-order valence-corrected chi connectivity index (χ4v) is 3.57. The van der Waals surface area contributed by atoms with E-state index < -0.39 is 0 Å². The van der Waals surface area contributed by atoms with Gasteiger partial charge in [0.1, 0.15) is 17.3 Å². The van der Waals surface area contributed by atoms with Gasteiger partial charge in [-0.3, -0.25) is 9.59 Å². The summed E-state index contributed by atoms with van der Waals surface area (Å²) in [6.45, 7) is 4.84. The van der Waals surface area contributed by atoms with E-state index in [1.165, 1.54) is 5.56 Å². The first kappa shape index (κ1) is 16.5. The molecule has 1 fully saturated rings. The highest BCUT2D eigenvalue weighted by molar-refractivity contribution is 5.93. The zero-order chi connectivity index (χ0) is 18.1. The Morgan fingerprint density at radius 1 is 1.08 bits per heavy atom. The molecule has 0 unspecified atom stereocenters. The molecule has 1 saturated heterocycles. The van der Waals surface area contributed by atoms with Crippen molar-refractivity contribution in [2.45, 2.75) is 13.3 Å². The van der Waals surface area contributed by atoms with E-state index in [0.717, 1.165) is 30.9 Å². The van der Waals surface area contributed by atoms with Crippen LogP contribution in [0.4, 0.5) is 11.5 Å². The molecule has 134 valence electrons. The number of para-hydroxylation sites is 1. The number of carbonyl (C=O) groups is 2. The number of piperazine rings is 1. The molecule has 3 heterocycles. The maximum absolute atomic E-state index is 12.9. The number of benzene rings is 1. The van der Waals surface area contributed by atoms with Crippen LogP contribution in [0.25, 0.3) is 0 Å². The van der Waals surface area contributed by atoms with Crippen LogP contribution in [-0.4, -0.2) is 64.8 Å². The van der Waals surface area contributed by atoms with Gasteiger partial charge in [-0.2, -0.15) is 0 Å². The molecule has 2 aliphatic rings. The predicted molar refractivity (Wildman–Crippen MR) is 97.5 cm³/mol. The van der Waals surface area contributed by atoms with Gasteiger partial charge < -0.3 is 14.7 Å². The van der Waals surface area contributed by atoms with Gasteiger partial charge in [0.15, 0.2) is 0 Å². The first-order valence-electron chi connectivity index (χ1n) is 8.85. The fraction of sp³-hybridized carbons (Fsp3) is 0.368. The highest BCUT2D eigenvalue weighted by Gasteiger charge is 2.26. The molecule has 0 spiro atoms. The largest absolute Gasteiger partial charge is 0.342 e. The highest BCUT2D eigenvalue weighted by atomic mass is 16.2. The van der Waals surface area contributed by atoms with Crippen molar-refractivity contribution in [3.63, 3.8) is 0 Å². The first-order chi connectivity index (χ1) is 12.7. The van der Waals surface area contributed by atoms with Crippen LogP contribution in [0, 0.1) is 6.92 Å². The number of amides is 2. The number of anilines is 2. The summed E-state index contributed by atoms with van der Waals surface area (Å²) < 4.78 is 0. The Labute approximate surface area is 152 Å². The Balaban J connectivity index is 1.59. The van der Waals surface area contributed by atoms with Crippen molar-refractivity contribution in [2.24, 2.45) is 0 Å². The molecule has 0 aliphatic carbocycles. The van der Waals surface area contributed by atoms with E-state index in [1.807, 2.05) is 19.1 Å². The monoisotopic (exact) mass is 351 g/mol. The Kier molecular flexibility index (Phi) is 4.28. The predicted octanol–water partition coefficient (Wildman–Crippen LogP) is 1.39. The summed E-state index contributed by atoms with van der Waals surface area (Å²) in [5.41, 5.74) is 2.85. The van der Waals surface area contributed by atoms with E-state index in [1.54, 1.807) is 15.9 Å². The summed E-state index contributed by atoms with van der Waals surface area (Å²) in [7, 11) is 0. The van der Waals surface area contributed by atoms with Gasteiger partial charge in [-0.25, -0.2) is 9.97 Å². The van der Waals surface area contributed by atoms with E-state index in [2.05, 4.69) is 27.0 Å². The minimum absolute atomic E-state index is 0.102. The molecule has 0 bridgehead atoms. The quantitative estimate of drug-likeness (QED) is 0.782. The molecular weight excluding hydrogens is 330 g/mol. The Hall–Kier alpha value is -2.96. The van der Waals surface area contributed by atoms with Gasteiger partial charge in [0.2, 0.25) is 6.41 Å². The minimum atomic E-state index is -0.102. The van der Waals surface area contributed by atoms with Crippen LogP contribution in [0.5, 0.6) is 0 Å². The lowest BCUT2D eigenvalue weighted by atomic mass is 10.2. The van der Waals surface area contributed by atoms with Crippen LogP contribution >= 0.6 is 0 Å². The van der Waals surface area contributed by atoms with Gasteiger partial charge in [0.05, 0.1) is 0 Å². The maximum atomic E-state index is 12.9. The molecule has 4 rings (SSSR count). The number of nitrogens with zero attached hydrogens (tertiary/aromatic N) is 5. The highest BCUT2D eigenvalue weighted by Crippen LogP contribution is 2.33. The molecule has 0 radical (unpaired) electrons. The topological polar surface area (TPSA) is 69.6 Å². The molecule has 1 aromatic heterocycles. The van der Waals surface area contributed by atoms with Crippen molar-refractivity contribution >= 4 is 23.8 Å². The summed E-state index contributed by atoms with van der Waals surface area (Å²) in [5.74, 6) is 1.24. The van der Waals surface area contributed by atoms with Crippen molar-refractivity contribution in [3.8, 4) is 0 Å². The van der Waals surface area contributed by atoms with Crippen molar-refractivity contribution in [3.05, 3.63) is 47.4 Å². The Morgan fingerprint density at radius 3 is 2.62 bits per heavy atom. The molecule has 0 N–H and O–H groups in total. The van der Waals surface area contributed by atoms with Gasteiger partial charge in [-0.1, -0.05) is 18.2 Å². The number of hydrogen-bond donors (Lipinski definition) is 0. The molecule has 0 saturated carbocycles. The summed E-state index contributed by atoms with van der Waals surface area (Å²) >= 11 is 0. The molecule has 26 heavy (non-hydrogen) atoms. The molecule has 2 amide bonds. The number of hydrogen-bond acceptors (Lipinski definition) is 5. The third-order valence-corrected chi connectivity index (χ3v) is 4.96. The van der Waals surface area contributed by atoms with Gasteiger partial charge in [-0.15, -0.1) is 0 Å². The van der Waals surface area contributed by atoms with E-state index in [-0.39, 0.29) is 5.91 Å². The molecular formula is C19H21N5O2. The second-order valence-electron chi connectivity index (χ2n) is 6.62. The van der Waals surface area contributed by atoms with Crippen molar-refractivity contribution < 1.29 is 9.59 Å². The second kappa shape index (κ2) is 6.74. The summed E-state index contributed by atoms with van der Waals surface area (Å²) in [6.07, 6.45) is 1.80. The fourth-order valence-electron chi connectivity index (χ4n) is 3.57. The van der Waals surface area contributed by atoms with Crippen LogP contribution < -0.4 is 4.90 Å². The molecule has 2 aliphatic heterocycles. The average Bonchev–Trinajstić information content (AvgIpc) is 3.11. The molecule has 7 heteroatoms. The molecule has 7 nitrogen and oxygen atoms in total. The average molecular weight is 351 g/mol. The zero-order valence-electron chi connectivity index (χ0n) is 14.8. The molecule has 0 atom stereocenters. The maximum Gasteiger partial charge on any atom is 0.272 e. The third kappa shape index (κ3) is 3.00. The van der Waals surface area contributed by atoms with E-state index >= 15 is 0 Å². The number of fused-ring (bicyclic) bond motifs is 1. The lowest BCUT2D eigenvalue weighted by Gasteiger charge is -2.32. The van der Waals surface area contributed by atoms with Crippen molar-refractivity contribution in [1.82, 2.24) is 19.8 Å². The Bertz CT molecular complexity index is 846. The van der Waals surface area contributed by atoms with Crippen LogP contribution in [0.1, 0.15) is 21.9 Å². The Morgan fingerprint density at radius 2 is 1.85 bits per heavy atom. The van der Waals surface area contributed by atoms with Crippen LogP contribution in [-0.2, 0) is 11.2 Å². The number of carbonyl (C=O) groups excluding carboxylic acids is 2. The van der Waals surface area contributed by atoms with E-state index in [4.69, 9.17) is 0 Å². The van der Waals surface area contributed by atoms with Gasteiger partial charge in [0, 0.05) is 44.5 Å². The SMILES string of the molecule is Cc1nc(C(=O)N2CCN(C=O)CC2)cc(N2CCc3ccccc32)n1. The van der Waals surface area contributed by atoms with Gasteiger partial charge >= 0.3 is 0 Å². The van der Waals surface area contributed by atoms with Crippen molar-refractivity contribution in [1.29, 1.82) is 0 Å². The zero-order valence-corrected chi connectivity index (χ0v) is 14.8. The standard InChI is InChI=1S/C19H21N5O2/c1-14-20-16(19(26)23-10-8-22(13-25)9-11-23)12-18(21-14)24-7-6-15-4-2-3-5-17(15)24/h2-5,12-13H,6-11H2,1H3. The number of aromatic nitrogens is 2. The van der Waals surface area contributed by atoms with Gasteiger partial charge in [0.25, 0.3) is 5.91 Å². The number of rotatable bonds is 3. The lowest BCUT2D eigenvalue weighted by molar-refractivity contribution is -0.119. The second-order valence-corrected chi connectivity index (χ2v) is 6.62. The molecule has 1 aromatic carbocycles. The molecule has 2 aromatic rings. The third-order valence-electron chi connectivity index (χ3n) is 4.96. The normalized spacial score (nSPS) is 16.6. The first-order valence-corrected chi connectivity index (χ1v) is 8.85. The van der Waals surface area contributed by atoms with Crippen LogP contribution in [0.2, 0.25) is 0 Å². The summed E-state index contributed by atoms with van der Waals surface area (Å²) in [6, 6.07) is 10.1. The minimum Gasteiger partial charge on any atom is -0.342 e. The van der Waals surface area contributed by atoms with E-state index in [0.29, 0.717) is 37.7 Å². The number of aryl methyl sites for hydroxylation is 1. The summed E-state index contributed by atoms with van der Waals surface area (Å²) in [5, 5.41) is 0. The van der Waals surface area contributed by atoms with Crippen LogP contribution in [0.3, 0.4) is 0 Å². The van der Waals surface area contributed by atoms with Crippen LogP contribution in [0.15, 0.2) is 30.3 Å². The van der Waals surface area contributed by atoms with Gasteiger partial charge in [-0.05, 0) is 25.0 Å².